The van der Waals surface area contributed by atoms with Crippen molar-refractivity contribution < 1.29 is 19.4 Å². The first-order valence-electron chi connectivity index (χ1n) is 7.11. The smallest absolute Gasteiger partial charge is 0.344 e. The van der Waals surface area contributed by atoms with E-state index in [1.807, 2.05) is 0 Å². The van der Waals surface area contributed by atoms with Crippen molar-refractivity contribution >= 4 is 28.6 Å². The fourth-order valence-electron chi connectivity index (χ4n) is 2.00. The summed E-state index contributed by atoms with van der Waals surface area (Å²) in [6.45, 7) is 1.45. The minimum absolute atomic E-state index is 0.299. The van der Waals surface area contributed by atoms with Crippen LogP contribution in [0.2, 0.25) is 5.02 Å². The molecule has 24 heavy (non-hydrogen) atoms. The second kappa shape index (κ2) is 6.72. The first-order chi connectivity index (χ1) is 11.5. The van der Waals surface area contributed by atoms with Crippen molar-refractivity contribution in [2.24, 2.45) is 0 Å². The number of fused-ring (bicyclic) bond motifs is 1. The third-order valence-electron chi connectivity index (χ3n) is 3.17. The Kier molecular flexibility index (Phi) is 4.48. The average molecular weight is 345 g/mol. The topological polar surface area (TPSA) is 81.5 Å². The lowest BCUT2D eigenvalue weighted by atomic mass is 10.3. The van der Waals surface area contributed by atoms with Crippen molar-refractivity contribution in [1.29, 1.82) is 0 Å². The van der Waals surface area contributed by atoms with Gasteiger partial charge in [0, 0.05) is 11.1 Å². The highest BCUT2D eigenvalue weighted by molar-refractivity contribution is 6.31. The minimum atomic E-state index is -1.04. The first-order valence-corrected chi connectivity index (χ1v) is 7.49. The molecule has 0 saturated carbocycles. The highest BCUT2D eigenvalue weighted by Crippen LogP contribution is 2.26. The molecular formula is C17H13ClN2O4. The average Bonchev–Trinajstić information content (AvgIpc) is 2.54. The first kappa shape index (κ1) is 16.0. The monoisotopic (exact) mass is 344 g/mol. The molecular weight excluding hydrogens is 332 g/mol. The quantitative estimate of drug-likeness (QED) is 0.755. The molecule has 0 bridgehead atoms. The molecule has 0 spiro atoms. The zero-order chi connectivity index (χ0) is 17.1. The molecule has 0 radical (unpaired) electrons. The van der Waals surface area contributed by atoms with E-state index in [1.165, 1.54) is 13.1 Å². The molecule has 7 heteroatoms. The van der Waals surface area contributed by atoms with Crippen molar-refractivity contribution in [2.75, 3.05) is 0 Å². The summed E-state index contributed by atoms with van der Waals surface area (Å²) in [7, 11) is 0. The number of benzene rings is 2. The Bertz CT molecular complexity index is 901. The van der Waals surface area contributed by atoms with E-state index in [9.17, 15) is 4.79 Å². The van der Waals surface area contributed by atoms with Crippen molar-refractivity contribution in [1.82, 2.24) is 9.97 Å². The van der Waals surface area contributed by atoms with Crippen LogP contribution < -0.4 is 9.47 Å². The Balaban J connectivity index is 1.82. The van der Waals surface area contributed by atoms with Crippen LogP contribution in [0.15, 0.2) is 48.7 Å². The van der Waals surface area contributed by atoms with Gasteiger partial charge >= 0.3 is 5.97 Å². The molecule has 0 fully saturated rings. The van der Waals surface area contributed by atoms with Gasteiger partial charge in [0.2, 0.25) is 5.88 Å². The van der Waals surface area contributed by atoms with Crippen molar-refractivity contribution in [2.45, 2.75) is 13.0 Å². The van der Waals surface area contributed by atoms with E-state index in [0.717, 1.165) is 0 Å². The predicted molar refractivity (Wildman–Crippen MR) is 88.8 cm³/mol. The van der Waals surface area contributed by atoms with Crippen molar-refractivity contribution in [3.63, 3.8) is 0 Å². The van der Waals surface area contributed by atoms with E-state index >= 15 is 0 Å². The largest absolute Gasteiger partial charge is 0.479 e. The molecule has 3 aromatic rings. The van der Waals surface area contributed by atoms with Gasteiger partial charge in [0.15, 0.2) is 6.10 Å². The van der Waals surface area contributed by atoms with E-state index in [4.69, 9.17) is 26.2 Å². The number of ether oxygens (including phenoxy) is 2. The molecule has 1 atom stereocenters. The fourth-order valence-corrected chi connectivity index (χ4v) is 2.17. The van der Waals surface area contributed by atoms with Crippen LogP contribution >= 0.6 is 11.6 Å². The maximum atomic E-state index is 10.8. The molecule has 2 aromatic carbocycles. The Hall–Kier alpha value is -2.86. The summed E-state index contributed by atoms with van der Waals surface area (Å²) in [4.78, 5) is 19.4. The zero-order valence-electron chi connectivity index (χ0n) is 12.6. The zero-order valence-corrected chi connectivity index (χ0v) is 13.4. The van der Waals surface area contributed by atoms with E-state index in [1.54, 1.807) is 42.5 Å². The van der Waals surface area contributed by atoms with Crippen LogP contribution in [-0.2, 0) is 4.79 Å². The van der Waals surface area contributed by atoms with Gasteiger partial charge in [0.1, 0.15) is 11.5 Å². The van der Waals surface area contributed by atoms with Crippen molar-refractivity contribution in [3.8, 4) is 17.4 Å². The van der Waals surface area contributed by atoms with E-state index in [-0.39, 0.29) is 0 Å². The number of nitrogens with zero attached hydrogens (tertiary/aromatic N) is 2. The molecule has 0 aliphatic rings. The molecule has 0 aliphatic heterocycles. The highest BCUT2D eigenvalue weighted by atomic mass is 35.5. The predicted octanol–water partition coefficient (Wildman–Crippen LogP) is 3.93. The maximum Gasteiger partial charge on any atom is 0.344 e. The summed E-state index contributed by atoms with van der Waals surface area (Å²) in [5.74, 6) is 0.103. The van der Waals surface area contributed by atoms with Crippen molar-refractivity contribution in [3.05, 3.63) is 53.7 Å². The standard InChI is InChI=1S/C17H13ClN2O4/c1-10(17(21)22)23-12-3-2-4-13(8-12)24-16-9-19-14-6-5-11(18)7-15(14)20-16/h2-10H,1H3,(H,21,22). The number of carboxylic acid groups (broad SMARTS) is 1. The number of rotatable bonds is 5. The number of hydrogen-bond donors (Lipinski definition) is 1. The SMILES string of the molecule is CC(Oc1cccc(Oc2cnc3ccc(Cl)cc3n2)c1)C(=O)O. The molecule has 1 aromatic heterocycles. The lowest BCUT2D eigenvalue weighted by Gasteiger charge is -2.11. The number of carboxylic acids is 1. The van der Waals surface area contributed by atoms with Gasteiger partial charge in [-0.3, -0.25) is 0 Å². The maximum absolute atomic E-state index is 10.8. The second-order valence-electron chi connectivity index (χ2n) is 5.02. The van der Waals surface area contributed by atoms with Gasteiger partial charge in [-0.25, -0.2) is 14.8 Å². The van der Waals surface area contributed by atoms with Gasteiger partial charge in [-0.2, -0.15) is 0 Å². The molecule has 1 unspecified atom stereocenters. The normalized spacial score (nSPS) is 11.9. The summed E-state index contributed by atoms with van der Waals surface area (Å²) < 4.78 is 11.0. The third-order valence-corrected chi connectivity index (χ3v) is 3.41. The summed E-state index contributed by atoms with van der Waals surface area (Å²) in [5, 5.41) is 9.45. The van der Waals surface area contributed by atoms with Crippen LogP contribution in [0.4, 0.5) is 0 Å². The molecule has 122 valence electrons. The number of aliphatic carboxylic acids is 1. The Morgan fingerprint density at radius 1 is 1.17 bits per heavy atom. The summed E-state index contributed by atoms with van der Waals surface area (Å²) in [6.07, 6.45) is 0.548. The van der Waals surface area contributed by atoms with Crippen LogP contribution in [0, 0.1) is 0 Å². The Morgan fingerprint density at radius 3 is 2.75 bits per heavy atom. The van der Waals surface area contributed by atoms with Gasteiger partial charge < -0.3 is 14.6 Å². The molecule has 0 saturated heterocycles. The van der Waals surface area contributed by atoms with Gasteiger partial charge in [0.05, 0.1) is 17.2 Å². The van der Waals surface area contributed by atoms with E-state index < -0.39 is 12.1 Å². The summed E-state index contributed by atoms with van der Waals surface area (Å²) in [5.41, 5.74) is 1.33. The lowest BCUT2D eigenvalue weighted by molar-refractivity contribution is -0.144. The van der Waals surface area contributed by atoms with E-state index in [2.05, 4.69) is 9.97 Å². The number of hydrogen-bond acceptors (Lipinski definition) is 5. The molecule has 6 nitrogen and oxygen atoms in total. The Morgan fingerprint density at radius 2 is 1.96 bits per heavy atom. The van der Waals surface area contributed by atoms with Gasteiger partial charge in [-0.1, -0.05) is 17.7 Å². The number of halogens is 1. The summed E-state index contributed by atoms with van der Waals surface area (Å²) >= 11 is 5.95. The second-order valence-corrected chi connectivity index (χ2v) is 5.45. The molecule has 0 amide bonds. The summed E-state index contributed by atoms with van der Waals surface area (Å²) in [6, 6.07) is 11.9. The third kappa shape index (κ3) is 3.72. The van der Waals surface area contributed by atoms with E-state index in [0.29, 0.717) is 33.4 Å². The number of carbonyl (C=O) groups is 1. The Labute approximate surface area is 142 Å². The van der Waals surface area contributed by atoms with Crippen LogP contribution in [-0.4, -0.2) is 27.1 Å². The highest BCUT2D eigenvalue weighted by Gasteiger charge is 2.13. The molecule has 0 aliphatic carbocycles. The molecule has 1 N–H and O–H groups in total. The number of aromatic nitrogens is 2. The van der Waals surface area contributed by atoms with Crippen LogP contribution in [0.3, 0.4) is 0 Å². The van der Waals surface area contributed by atoms with Gasteiger partial charge in [-0.15, -0.1) is 0 Å². The lowest BCUT2D eigenvalue weighted by Crippen LogP contribution is -2.22. The fraction of sp³-hybridized carbons (Fsp3) is 0.118. The van der Waals surface area contributed by atoms with Crippen LogP contribution in [0.1, 0.15) is 6.92 Å². The van der Waals surface area contributed by atoms with Crippen LogP contribution in [0.25, 0.3) is 11.0 Å². The van der Waals surface area contributed by atoms with Gasteiger partial charge in [0.25, 0.3) is 0 Å². The molecule has 3 rings (SSSR count). The molecule has 1 heterocycles. The van der Waals surface area contributed by atoms with Crippen LogP contribution in [0.5, 0.6) is 17.4 Å². The minimum Gasteiger partial charge on any atom is -0.479 e. The van der Waals surface area contributed by atoms with Gasteiger partial charge in [-0.05, 0) is 37.3 Å².